The van der Waals surface area contributed by atoms with Crippen LogP contribution in [0.15, 0.2) is 18.2 Å². The van der Waals surface area contributed by atoms with Crippen LogP contribution in [0, 0.1) is 12.8 Å². The molecule has 2 nitrogen and oxygen atoms in total. The molecule has 0 radical (unpaired) electrons. The van der Waals surface area contributed by atoms with Gasteiger partial charge in [-0.15, -0.1) is 0 Å². The normalized spacial score (nSPS) is 13.7. The Morgan fingerprint density at radius 3 is 2.10 bits per heavy atom. The van der Waals surface area contributed by atoms with Crippen molar-refractivity contribution in [1.29, 1.82) is 0 Å². The number of rotatable bonds is 7. The van der Waals surface area contributed by atoms with E-state index in [2.05, 4.69) is 19.3 Å². The van der Waals surface area contributed by atoms with Crippen molar-refractivity contribution in [3.63, 3.8) is 0 Å². The molecule has 0 heterocycles. The highest BCUT2D eigenvalue weighted by Gasteiger charge is 2.31. The van der Waals surface area contributed by atoms with Crippen LogP contribution in [0.25, 0.3) is 0 Å². The SMILES string of the molecule is CCCC(CCC)C(NN)c1ccc(C(F)(F)F)cc1C. The molecule has 0 aromatic heterocycles. The summed E-state index contributed by atoms with van der Waals surface area (Å²) >= 11 is 0. The molecule has 0 fully saturated rings. The highest BCUT2D eigenvalue weighted by Crippen LogP contribution is 2.35. The Kier molecular flexibility index (Phi) is 6.68. The number of nitrogens with one attached hydrogen (secondary N) is 1. The van der Waals surface area contributed by atoms with Crippen LogP contribution < -0.4 is 11.3 Å². The molecule has 0 saturated carbocycles. The van der Waals surface area contributed by atoms with Crippen molar-refractivity contribution in [2.45, 2.75) is 58.7 Å². The van der Waals surface area contributed by atoms with Gasteiger partial charge in [-0.05, 0) is 48.9 Å². The van der Waals surface area contributed by atoms with Crippen LogP contribution >= 0.6 is 0 Å². The lowest BCUT2D eigenvalue weighted by atomic mass is 9.84. The topological polar surface area (TPSA) is 38.0 Å². The number of hydrogen-bond acceptors (Lipinski definition) is 2. The van der Waals surface area contributed by atoms with Crippen molar-refractivity contribution in [2.24, 2.45) is 11.8 Å². The van der Waals surface area contributed by atoms with Crippen LogP contribution in [-0.4, -0.2) is 0 Å². The minimum Gasteiger partial charge on any atom is -0.271 e. The molecule has 1 aromatic rings. The summed E-state index contributed by atoms with van der Waals surface area (Å²) in [6, 6.07) is 3.80. The fourth-order valence-corrected chi connectivity index (χ4v) is 2.90. The van der Waals surface area contributed by atoms with Gasteiger partial charge < -0.3 is 0 Å². The molecule has 3 N–H and O–H groups in total. The highest BCUT2D eigenvalue weighted by atomic mass is 19.4. The number of aryl methyl sites for hydroxylation is 1. The molecule has 1 aromatic carbocycles. The van der Waals surface area contributed by atoms with E-state index in [1.165, 1.54) is 6.07 Å². The smallest absolute Gasteiger partial charge is 0.271 e. The number of nitrogens with two attached hydrogens (primary N) is 1. The Morgan fingerprint density at radius 2 is 1.71 bits per heavy atom. The van der Waals surface area contributed by atoms with E-state index >= 15 is 0 Å². The lowest BCUT2D eigenvalue weighted by molar-refractivity contribution is -0.137. The maximum Gasteiger partial charge on any atom is 0.416 e. The molecule has 0 aliphatic rings. The first kappa shape index (κ1) is 18.0. The van der Waals surface area contributed by atoms with Crippen molar-refractivity contribution in [1.82, 2.24) is 5.43 Å². The second-order valence-corrected chi connectivity index (χ2v) is 5.55. The first-order valence-corrected chi connectivity index (χ1v) is 7.49. The standard InChI is InChI=1S/C16H25F3N2/c1-4-6-12(7-5-2)15(21-20)14-9-8-13(10-11(14)3)16(17,18)19/h8-10,12,15,21H,4-7,20H2,1-3H3. The number of alkyl halides is 3. The molecule has 0 amide bonds. The van der Waals surface area contributed by atoms with Gasteiger partial charge in [-0.1, -0.05) is 32.8 Å². The number of benzene rings is 1. The maximum atomic E-state index is 12.7. The number of halogens is 3. The Morgan fingerprint density at radius 1 is 1.14 bits per heavy atom. The lowest BCUT2D eigenvalue weighted by Gasteiger charge is -2.28. The van der Waals surface area contributed by atoms with Gasteiger partial charge in [0, 0.05) is 6.04 Å². The van der Waals surface area contributed by atoms with Crippen LogP contribution in [0.2, 0.25) is 0 Å². The predicted octanol–water partition coefficient (Wildman–Crippen LogP) is 4.73. The molecule has 1 rings (SSSR count). The van der Waals surface area contributed by atoms with Gasteiger partial charge in [-0.2, -0.15) is 13.2 Å². The van der Waals surface area contributed by atoms with Gasteiger partial charge >= 0.3 is 6.18 Å². The summed E-state index contributed by atoms with van der Waals surface area (Å²) in [4.78, 5) is 0. The molecule has 5 heteroatoms. The number of hydrogen-bond donors (Lipinski definition) is 2. The Hall–Kier alpha value is -1.07. The number of hydrazine groups is 1. The molecule has 0 aliphatic heterocycles. The average Bonchev–Trinajstić information content (AvgIpc) is 2.40. The first-order valence-electron chi connectivity index (χ1n) is 7.49. The molecule has 1 unspecified atom stereocenters. The third-order valence-corrected chi connectivity index (χ3v) is 3.90. The summed E-state index contributed by atoms with van der Waals surface area (Å²) in [5, 5.41) is 0. The molecule has 0 saturated heterocycles. The van der Waals surface area contributed by atoms with Crippen molar-refractivity contribution in [2.75, 3.05) is 0 Å². The second kappa shape index (κ2) is 7.80. The van der Waals surface area contributed by atoms with Crippen LogP contribution in [-0.2, 0) is 6.18 Å². The van der Waals surface area contributed by atoms with E-state index in [9.17, 15) is 13.2 Å². The largest absolute Gasteiger partial charge is 0.416 e. The van der Waals surface area contributed by atoms with E-state index in [0.717, 1.165) is 37.3 Å². The van der Waals surface area contributed by atoms with E-state index in [-0.39, 0.29) is 6.04 Å². The molecular weight excluding hydrogens is 277 g/mol. The van der Waals surface area contributed by atoms with Crippen LogP contribution in [0.3, 0.4) is 0 Å². The molecule has 1 atom stereocenters. The summed E-state index contributed by atoms with van der Waals surface area (Å²) in [5.41, 5.74) is 3.68. The summed E-state index contributed by atoms with van der Waals surface area (Å²) in [7, 11) is 0. The van der Waals surface area contributed by atoms with Gasteiger partial charge in [-0.25, -0.2) is 0 Å². The van der Waals surface area contributed by atoms with Crippen molar-refractivity contribution in [3.8, 4) is 0 Å². The predicted molar refractivity (Wildman–Crippen MR) is 79.6 cm³/mol. The van der Waals surface area contributed by atoms with Gasteiger partial charge in [0.1, 0.15) is 0 Å². The zero-order valence-electron chi connectivity index (χ0n) is 12.9. The summed E-state index contributed by atoms with van der Waals surface area (Å²) in [5.74, 6) is 6.02. The average molecular weight is 302 g/mol. The fraction of sp³-hybridized carbons (Fsp3) is 0.625. The Balaban J connectivity index is 3.10. The van der Waals surface area contributed by atoms with Crippen molar-refractivity contribution < 1.29 is 13.2 Å². The van der Waals surface area contributed by atoms with Crippen LogP contribution in [0.5, 0.6) is 0 Å². The summed E-state index contributed by atoms with van der Waals surface area (Å²) in [6.45, 7) is 5.93. The minimum absolute atomic E-state index is 0.104. The van der Waals surface area contributed by atoms with E-state index < -0.39 is 11.7 Å². The molecule has 0 bridgehead atoms. The first-order chi connectivity index (χ1) is 9.85. The highest BCUT2D eigenvalue weighted by molar-refractivity contribution is 5.35. The monoisotopic (exact) mass is 302 g/mol. The Bertz CT molecular complexity index is 438. The third kappa shape index (κ3) is 4.71. The van der Waals surface area contributed by atoms with E-state index in [1.54, 1.807) is 13.0 Å². The van der Waals surface area contributed by atoms with Gasteiger partial charge in [-0.3, -0.25) is 11.3 Å². The van der Waals surface area contributed by atoms with Gasteiger partial charge in [0.05, 0.1) is 5.56 Å². The van der Waals surface area contributed by atoms with Crippen LogP contribution in [0.4, 0.5) is 13.2 Å². The van der Waals surface area contributed by atoms with E-state index in [0.29, 0.717) is 11.5 Å². The maximum absolute atomic E-state index is 12.7. The molecule has 21 heavy (non-hydrogen) atoms. The van der Waals surface area contributed by atoms with E-state index in [4.69, 9.17) is 5.84 Å². The van der Waals surface area contributed by atoms with E-state index in [1.807, 2.05) is 0 Å². The molecular formula is C16H25F3N2. The molecule has 120 valence electrons. The minimum atomic E-state index is -4.30. The van der Waals surface area contributed by atoms with Crippen molar-refractivity contribution in [3.05, 3.63) is 34.9 Å². The lowest BCUT2D eigenvalue weighted by Crippen LogP contribution is -2.34. The van der Waals surface area contributed by atoms with Gasteiger partial charge in [0.2, 0.25) is 0 Å². The Labute approximate surface area is 124 Å². The quantitative estimate of drug-likeness (QED) is 0.564. The second-order valence-electron chi connectivity index (χ2n) is 5.55. The summed E-state index contributed by atoms with van der Waals surface area (Å²) < 4.78 is 38.2. The zero-order chi connectivity index (χ0) is 16.0. The molecule has 0 spiro atoms. The van der Waals surface area contributed by atoms with Gasteiger partial charge in [0.25, 0.3) is 0 Å². The zero-order valence-corrected chi connectivity index (χ0v) is 12.9. The molecule has 0 aliphatic carbocycles. The third-order valence-electron chi connectivity index (χ3n) is 3.90. The van der Waals surface area contributed by atoms with Gasteiger partial charge in [0.15, 0.2) is 0 Å². The van der Waals surface area contributed by atoms with Crippen molar-refractivity contribution >= 4 is 0 Å². The van der Waals surface area contributed by atoms with Crippen LogP contribution in [0.1, 0.15) is 62.3 Å². The summed E-state index contributed by atoms with van der Waals surface area (Å²) in [6.07, 6.45) is -0.238. The fourth-order valence-electron chi connectivity index (χ4n) is 2.90.